The normalized spacial score (nSPS) is 27.2. The molecule has 3 nitrogen and oxygen atoms in total. The van der Waals surface area contributed by atoms with Crippen molar-refractivity contribution in [2.75, 3.05) is 33.4 Å². The Balaban J connectivity index is 1.82. The highest BCUT2D eigenvalue weighted by Crippen LogP contribution is 2.37. The van der Waals surface area contributed by atoms with E-state index in [0.717, 1.165) is 32.5 Å². The highest BCUT2D eigenvalue weighted by atomic mass is 16.5. The monoisotopic (exact) mass is 241 g/mol. The molecule has 2 fully saturated rings. The Morgan fingerprint density at radius 3 is 2.35 bits per heavy atom. The Morgan fingerprint density at radius 1 is 1.18 bits per heavy atom. The van der Waals surface area contributed by atoms with E-state index in [1.54, 1.807) is 0 Å². The molecule has 1 saturated heterocycles. The minimum Gasteiger partial charge on any atom is -0.396 e. The van der Waals surface area contributed by atoms with Crippen LogP contribution in [-0.4, -0.2) is 49.5 Å². The van der Waals surface area contributed by atoms with Crippen LogP contribution >= 0.6 is 0 Å². The van der Waals surface area contributed by atoms with Crippen molar-refractivity contribution in [1.29, 1.82) is 0 Å². The van der Waals surface area contributed by atoms with Crippen LogP contribution < -0.4 is 0 Å². The summed E-state index contributed by atoms with van der Waals surface area (Å²) in [7, 11) is 1.82. The van der Waals surface area contributed by atoms with Crippen LogP contribution in [0.1, 0.15) is 44.9 Å². The van der Waals surface area contributed by atoms with Crippen molar-refractivity contribution in [3.8, 4) is 0 Å². The summed E-state index contributed by atoms with van der Waals surface area (Å²) >= 11 is 0. The molecule has 1 heterocycles. The number of aliphatic hydroxyl groups is 1. The first-order chi connectivity index (χ1) is 8.28. The molecule has 1 N–H and O–H groups in total. The quantitative estimate of drug-likeness (QED) is 0.817. The van der Waals surface area contributed by atoms with Gasteiger partial charge in [-0.3, -0.25) is 0 Å². The van der Waals surface area contributed by atoms with Gasteiger partial charge in [0.05, 0.1) is 6.10 Å². The van der Waals surface area contributed by atoms with Crippen LogP contribution in [0.4, 0.5) is 0 Å². The summed E-state index contributed by atoms with van der Waals surface area (Å²) in [5.41, 5.74) is 0.207. The number of piperidine rings is 1. The standard InChI is InChI=1S/C14H27NO2/c1-17-13-5-9-15(10-6-13)11-14(12-16)7-3-2-4-8-14/h13,16H,2-12H2,1H3. The number of hydrogen-bond acceptors (Lipinski definition) is 3. The smallest absolute Gasteiger partial charge is 0.0595 e. The maximum Gasteiger partial charge on any atom is 0.0595 e. The van der Waals surface area contributed by atoms with Gasteiger partial charge in [-0.15, -0.1) is 0 Å². The van der Waals surface area contributed by atoms with E-state index in [-0.39, 0.29) is 5.41 Å². The van der Waals surface area contributed by atoms with E-state index in [0.29, 0.717) is 12.7 Å². The first-order valence-corrected chi connectivity index (χ1v) is 7.14. The highest BCUT2D eigenvalue weighted by Gasteiger charge is 2.34. The molecule has 1 aliphatic heterocycles. The molecule has 0 atom stereocenters. The molecule has 1 aliphatic carbocycles. The molecule has 2 aliphatic rings. The van der Waals surface area contributed by atoms with Crippen LogP contribution in [0.15, 0.2) is 0 Å². The predicted octanol–water partition coefficient (Wildman–Crippen LogP) is 2.04. The largest absolute Gasteiger partial charge is 0.396 e. The Kier molecular flexibility index (Phi) is 4.83. The van der Waals surface area contributed by atoms with Crippen molar-refractivity contribution < 1.29 is 9.84 Å². The lowest BCUT2D eigenvalue weighted by Gasteiger charge is -2.42. The summed E-state index contributed by atoms with van der Waals surface area (Å²) in [6.45, 7) is 3.75. The zero-order valence-corrected chi connectivity index (χ0v) is 11.2. The zero-order chi connectivity index (χ0) is 12.1. The Morgan fingerprint density at radius 2 is 1.82 bits per heavy atom. The van der Waals surface area contributed by atoms with E-state index < -0.39 is 0 Å². The second-order valence-electron chi connectivity index (χ2n) is 5.93. The minimum absolute atomic E-state index is 0.207. The van der Waals surface area contributed by atoms with Crippen molar-refractivity contribution in [2.24, 2.45) is 5.41 Å². The van der Waals surface area contributed by atoms with Crippen LogP contribution in [0.2, 0.25) is 0 Å². The van der Waals surface area contributed by atoms with E-state index in [2.05, 4.69) is 4.90 Å². The third kappa shape index (κ3) is 3.43. The number of rotatable bonds is 4. The average molecular weight is 241 g/mol. The molecule has 0 aromatic carbocycles. The Bertz CT molecular complexity index is 218. The van der Waals surface area contributed by atoms with Gasteiger partial charge in [-0.2, -0.15) is 0 Å². The molecule has 0 aromatic heterocycles. The Labute approximate surface area is 105 Å². The average Bonchev–Trinajstić information content (AvgIpc) is 2.41. The molecule has 0 spiro atoms. The number of aliphatic hydroxyl groups excluding tert-OH is 1. The molecular formula is C14H27NO2. The summed E-state index contributed by atoms with van der Waals surface area (Å²) in [6.07, 6.45) is 9.15. The topological polar surface area (TPSA) is 32.7 Å². The first kappa shape index (κ1) is 13.3. The summed E-state index contributed by atoms with van der Waals surface area (Å²) in [4.78, 5) is 2.54. The number of nitrogens with zero attached hydrogens (tertiary/aromatic N) is 1. The summed E-state index contributed by atoms with van der Waals surface area (Å²) in [5, 5.41) is 9.72. The van der Waals surface area contributed by atoms with Gasteiger partial charge in [-0.05, 0) is 25.7 Å². The molecule has 2 rings (SSSR count). The lowest BCUT2D eigenvalue weighted by atomic mass is 9.74. The maximum atomic E-state index is 9.72. The number of hydrogen-bond donors (Lipinski definition) is 1. The summed E-state index contributed by atoms with van der Waals surface area (Å²) < 4.78 is 5.40. The molecule has 17 heavy (non-hydrogen) atoms. The van der Waals surface area contributed by atoms with Crippen molar-refractivity contribution in [3.05, 3.63) is 0 Å². The van der Waals surface area contributed by atoms with E-state index in [1.165, 1.54) is 32.1 Å². The van der Waals surface area contributed by atoms with Crippen molar-refractivity contribution in [2.45, 2.75) is 51.0 Å². The molecule has 0 aromatic rings. The number of ether oxygens (including phenoxy) is 1. The third-order valence-electron chi connectivity index (χ3n) is 4.68. The second kappa shape index (κ2) is 6.17. The number of methoxy groups -OCH3 is 1. The maximum absolute atomic E-state index is 9.72. The van der Waals surface area contributed by atoms with Crippen molar-refractivity contribution >= 4 is 0 Å². The third-order valence-corrected chi connectivity index (χ3v) is 4.68. The van der Waals surface area contributed by atoms with E-state index in [4.69, 9.17) is 4.74 Å². The van der Waals surface area contributed by atoms with Gasteiger partial charge < -0.3 is 14.7 Å². The Hall–Kier alpha value is -0.120. The fourth-order valence-electron chi connectivity index (χ4n) is 3.45. The fourth-order valence-corrected chi connectivity index (χ4v) is 3.45. The molecule has 0 amide bonds. The molecule has 100 valence electrons. The van der Waals surface area contributed by atoms with Crippen molar-refractivity contribution in [1.82, 2.24) is 4.90 Å². The van der Waals surface area contributed by atoms with Gasteiger partial charge in [0, 0.05) is 38.8 Å². The molecule has 0 unspecified atom stereocenters. The lowest BCUT2D eigenvalue weighted by Crippen LogP contribution is -2.45. The van der Waals surface area contributed by atoms with Gasteiger partial charge in [-0.1, -0.05) is 19.3 Å². The van der Waals surface area contributed by atoms with E-state index in [9.17, 15) is 5.11 Å². The van der Waals surface area contributed by atoms with E-state index in [1.807, 2.05) is 7.11 Å². The van der Waals surface area contributed by atoms with E-state index >= 15 is 0 Å². The molecular weight excluding hydrogens is 214 g/mol. The zero-order valence-electron chi connectivity index (χ0n) is 11.2. The molecule has 3 heteroatoms. The summed E-state index contributed by atoms with van der Waals surface area (Å²) in [6, 6.07) is 0. The van der Waals surface area contributed by atoms with Gasteiger partial charge in [0.2, 0.25) is 0 Å². The number of likely N-dealkylation sites (tertiary alicyclic amines) is 1. The van der Waals surface area contributed by atoms with Gasteiger partial charge >= 0.3 is 0 Å². The van der Waals surface area contributed by atoms with Gasteiger partial charge in [-0.25, -0.2) is 0 Å². The van der Waals surface area contributed by atoms with Crippen molar-refractivity contribution in [3.63, 3.8) is 0 Å². The summed E-state index contributed by atoms with van der Waals surface area (Å²) in [5.74, 6) is 0. The van der Waals surface area contributed by atoms with Crippen LogP contribution in [0, 0.1) is 5.41 Å². The highest BCUT2D eigenvalue weighted by molar-refractivity contribution is 4.87. The molecule has 0 bridgehead atoms. The first-order valence-electron chi connectivity index (χ1n) is 7.14. The second-order valence-corrected chi connectivity index (χ2v) is 5.93. The van der Waals surface area contributed by atoms with Gasteiger partial charge in [0.1, 0.15) is 0 Å². The molecule has 0 radical (unpaired) electrons. The van der Waals surface area contributed by atoms with Crippen LogP contribution in [0.5, 0.6) is 0 Å². The van der Waals surface area contributed by atoms with Crippen LogP contribution in [0.3, 0.4) is 0 Å². The molecule has 1 saturated carbocycles. The van der Waals surface area contributed by atoms with Gasteiger partial charge in [0.25, 0.3) is 0 Å². The predicted molar refractivity (Wildman–Crippen MR) is 69.1 cm³/mol. The van der Waals surface area contributed by atoms with Gasteiger partial charge in [0.15, 0.2) is 0 Å². The van der Waals surface area contributed by atoms with Crippen LogP contribution in [0.25, 0.3) is 0 Å². The lowest BCUT2D eigenvalue weighted by molar-refractivity contribution is 0.000458. The minimum atomic E-state index is 0.207. The van der Waals surface area contributed by atoms with Crippen LogP contribution in [-0.2, 0) is 4.74 Å². The fraction of sp³-hybridized carbons (Fsp3) is 1.00. The SMILES string of the molecule is COC1CCN(CC2(CO)CCCCC2)CC1.